The number of aliphatic hydroxyl groups excluding tert-OH is 1. The third-order valence-corrected chi connectivity index (χ3v) is 1.39. The normalized spacial score (nSPS) is 34.6. The molecule has 1 N–H and O–H groups in total. The van der Waals surface area contributed by atoms with Gasteiger partial charge in [0, 0.05) is 11.3 Å². The van der Waals surface area contributed by atoms with Crippen molar-refractivity contribution in [1.82, 2.24) is 0 Å². The minimum Gasteiger partial charge on any atom is -0.396 e. The van der Waals surface area contributed by atoms with Crippen molar-refractivity contribution in [1.29, 1.82) is 0 Å². The van der Waals surface area contributed by atoms with Gasteiger partial charge in [-0.1, -0.05) is 0 Å². The van der Waals surface area contributed by atoms with Gasteiger partial charge in [0.05, 0.1) is 12.5 Å². The van der Waals surface area contributed by atoms with Crippen molar-refractivity contribution in [3.8, 4) is 0 Å². The summed E-state index contributed by atoms with van der Waals surface area (Å²) in [5.74, 6) is -0.0509. The van der Waals surface area contributed by atoms with Crippen LogP contribution in [0.1, 0.15) is 6.42 Å². The van der Waals surface area contributed by atoms with Gasteiger partial charge in [0.1, 0.15) is 0 Å². The van der Waals surface area contributed by atoms with Crippen molar-refractivity contribution in [2.45, 2.75) is 12.5 Å². The summed E-state index contributed by atoms with van der Waals surface area (Å²) in [4.78, 5) is 9.49. The lowest BCUT2D eigenvalue weighted by molar-refractivity contribution is -0.498. The Balaban J connectivity index is 2.26. The van der Waals surface area contributed by atoms with E-state index in [1.165, 1.54) is 0 Å². The van der Waals surface area contributed by atoms with Crippen LogP contribution >= 0.6 is 0 Å². The average molecular weight is 117 g/mol. The van der Waals surface area contributed by atoms with Crippen LogP contribution in [0.15, 0.2) is 0 Å². The lowest BCUT2D eigenvalue weighted by Gasteiger charge is -1.84. The highest BCUT2D eigenvalue weighted by molar-refractivity contribution is 4.85. The fraction of sp³-hybridized carbons (Fsp3) is 1.00. The molecule has 0 heterocycles. The summed E-state index contributed by atoms with van der Waals surface area (Å²) in [6, 6.07) is -0.444. The van der Waals surface area contributed by atoms with Gasteiger partial charge in [-0.3, -0.25) is 10.1 Å². The molecule has 2 atom stereocenters. The zero-order valence-corrected chi connectivity index (χ0v) is 4.28. The van der Waals surface area contributed by atoms with E-state index in [0.29, 0.717) is 6.42 Å². The van der Waals surface area contributed by atoms with E-state index >= 15 is 0 Å². The lowest BCUT2D eigenvalue weighted by atomic mass is 10.4. The fourth-order valence-corrected chi connectivity index (χ4v) is 0.686. The van der Waals surface area contributed by atoms with E-state index in [0.717, 1.165) is 0 Å². The summed E-state index contributed by atoms with van der Waals surface area (Å²) in [5.41, 5.74) is 0. The summed E-state index contributed by atoms with van der Waals surface area (Å²) in [5, 5.41) is 18.1. The Kier molecular flexibility index (Phi) is 1.17. The first-order chi connectivity index (χ1) is 3.75. The van der Waals surface area contributed by atoms with E-state index < -0.39 is 6.04 Å². The SMILES string of the molecule is O=[N+]([O-])C1C[C@H]1CO. The van der Waals surface area contributed by atoms with E-state index in [2.05, 4.69) is 0 Å². The predicted molar refractivity (Wildman–Crippen MR) is 26.0 cm³/mol. The van der Waals surface area contributed by atoms with E-state index in [4.69, 9.17) is 5.11 Å². The summed E-state index contributed by atoms with van der Waals surface area (Å²) in [6.07, 6.45) is 0.559. The molecular weight excluding hydrogens is 110 g/mol. The Morgan fingerprint density at radius 1 is 1.88 bits per heavy atom. The largest absolute Gasteiger partial charge is 0.396 e. The Morgan fingerprint density at radius 3 is 2.62 bits per heavy atom. The van der Waals surface area contributed by atoms with Crippen LogP contribution in [-0.4, -0.2) is 22.7 Å². The van der Waals surface area contributed by atoms with Crippen LogP contribution in [0.2, 0.25) is 0 Å². The predicted octanol–water partition coefficient (Wildman–Crippen LogP) is -0.356. The lowest BCUT2D eigenvalue weighted by Crippen LogP contribution is -2.04. The monoisotopic (exact) mass is 117 g/mol. The number of aliphatic hydroxyl groups is 1. The topological polar surface area (TPSA) is 63.4 Å². The second-order valence-corrected chi connectivity index (χ2v) is 2.03. The van der Waals surface area contributed by atoms with Crippen molar-refractivity contribution in [3.63, 3.8) is 0 Å². The van der Waals surface area contributed by atoms with E-state index in [1.807, 2.05) is 0 Å². The molecule has 0 spiro atoms. The van der Waals surface area contributed by atoms with Crippen molar-refractivity contribution in [2.75, 3.05) is 6.61 Å². The van der Waals surface area contributed by atoms with E-state index in [-0.39, 0.29) is 17.4 Å². The minimum absolute atomic E-state index is 0.0361. The Labute approximate surface area is 46.3 Å². The van der Waals surface area contributed by atoms with E-state index in [9.17, 15) is 10.1 Å². The van der Waals surface area contributed by atoms with Gasteiger partial charge in [-0.05, 0) is 0 Å². The third-order valence-electron chi connectivity index (χ3n) is 1.39. The molecular formula is C4H7NO3. The Hall–Kier alpha value is -0.640. The third kappa shape index (κ3) is 0.790. The maximum Gasteiger partial charge on any atom is 0.219 e. The minimum atomic E-state index is -0.444. The van der Waals surface area contributed by atoms with Crippen molar-refractivity contribution >= 4 is 0 Å². The molecule has 0 aliphatic heterocycles. The smallest absolute Gasteiger partial charge is 0.219 e. The molecule has 4 nitrogen and oxygen atoms in total. The molecule has 1 fully saturated rings. The van der Waals surface area contributed by atoms with Gasteiger partial charge in [-0.25, -0.2) is 0 Å². The first kappa shape index (κ1) is 5.50. The summed E-state index contributed by atoms with van der Waals surface area (Å²) in [6.45, 7) is -0.0361. The summed E-state index contributed by atoms with van der Waals surface area (Å²) < 4.78 is 0. The second kappa shape index (κ2) is 1.70. The summed E-state index contributed by atoms with van der Waals surface area (Å²) in [7, 11) is 0. The molecule has 0 aromatic heterocycles. The van der Waals surface area contributed by atoms with Crippen molar-refractivity contribution in [2.24, 2.45) is 5.92 Å². The molecule has 4 heteroatoms. The first-order valence-corrected chi connectivity index (χ1v) is 2.50. The number of rotatable bonds is 2. The Bertz CT molecular complexity index is 114. The van der Waals surface area contributed by atoms with Crippen LogP contribution in [-0.2, 0) is 0 Å². The fourth-order valence-electron chi connectivity index (χ4n) is 0.686. The maximum atomic E-state index is 9.83. The van der Waals surface area contributed by atoms with Crippen LogP contribution in [0.4, 0.5) is 0 Å². The average Bonchev–Trinajstić information content (AvgIpc) is 2.42. The van der Waals surface area contributed by atoms with Crippen LogP contribution in [0, 0.1) is 16.0 Å². The number of nitrogens with zero attached hydrogens (tertiary/aromatic N) is 1. The molecule has 1 saturated carbocycles. The van der Waals surface area contributed by atoms with Crippen LogP contribution < -0.4 is 0 Å². The molecule has 46 valence electrons. The standard InChI is InChI=1S/C4H7NO3/c6-2-3-1-4(3)5(7)8/h3-4,6H,1-2H2/t3-,4?/m0/s1. The molecule has 0 aromatic rings. The highest BCUT2D eigenvalue weighted by atomic mass is 16.6. The quantitative estimate of drug-likeness (QED) is 0.397. The van der Waals surface area contributed by atoms with Gasteiger partial charge >= 0.3 is 0 Å². The molecule has 1 aliphatic rings. The molecule has 0 aromatic carbocycles. The van der Waals surface area contributed by atoms with Crippen molar-refractivity contribution < 1.29 is 10.0 Å². The van der Waals surface area contributed by atoms with Crippen molar-refractivity contribution in [3.05, 3.63) is 10.1 Å². The second-order valence-electron chi connectivity index (χ2n) is 2.03. The molecule has 1 unspecified atom stereocenters. The van der Waals surface area contributed by atoms with Gasteiger partial charge in [-0.2, -0.15) is 0 Å². The van der Waals surface area contributed by atoms with Gasteiger partial charge in [0.25, 0.3) is 0 Å². The number of nitro groups is 1. The highest BCUT2D eigenvalue weighted by Crippen LogP contribution is 2.31. The Morgan fingerprint density at radius 2 is 2.50 bits per heavy atom. The van der Waals surface area contributed by atoms with Gasteiger partial charge < -0.3 is 5.11 Å². The molecule has 1 aliphatic carbocycles. The van der Waals surface area contributed by atoms with Gasteiger partial charge in [0.15, 0.2) is 0 Å². The van der Waals surface area contributed by atoms with Crippen LogP contribution in [0.3, 0.4) is 0 Å². The molecule has 0 saturated heterocycles. The number of hydrogen-bond donors (Lipinski definition) is 1. The molecule has 0 amide bonds. The van der Waals surface area contributed by atoms with Crippen LogP contribution in [0.25, 0.3) is 0 Å². The first-order valence-electron chi connectivity index (χ1n) is 2.50. The molecule has 1 rings (SSSR count). The maximum absolute atomic E-state index is 9.83. The van der Waals surface area contributed by atoms with Crippen LogP contribution in [0.5, 0.6) is 0 Å². The molecule has 0 radical (unpaired) electrons. The number of hydrogen-bond acceptors (Lipinski definition) is 3. The molecule has 0 bridgehead atoms. The highest BCUT2D eigenvalue weighted by Gasteiger charge is 2.47. The van der Waals surface area contributed by atoms with E-state index in [1.54, 1.807) is 0 Å². The van der Waals surface area contributed by atoms with Gasteiger partial charge in [-0.15, -0.1) is 0 Å². The molecule has 8 heavy (non-hydrogen) atoms. The zero-order chi connectivity index (χ0) is 6.15. The van der Waals surface area contributed by atoms with Gasteiger partial charge in [0.2, 0.25) is 6.04 Å². The summed E-state index contributed by atoms with van der Waals surface area (Å²) >= 11 is 0. The zero-order valence-electron chi connectivity index (χ0n) is 4.28.